The van der Waals surface area contributed by atoms with Gasteiger partial charge in [0.15, 0.2) is 0 Å². The summed E-state index contributed by atoms with van der Waals surface area (Å²) in [5.74, 6) is 1.02. The number of nitrogens with one attached hydrogen (secondary N) is 1. The summed E-state index contributed by atoms with van der Waals surface area (Å²) in [7, 11) is 2.28. The summed E-state index contributed by atoms with van der Waals surface area (Å²) in [6, 6.07) is 0.696. The number of nitrogens with zero attached hydrogens (tertiary/aromatic N) is 1. The average Bonchev–Trinajstić information content (AvgIpc) is 2.19. The molecule has 1 N–H and O–H groups in total. The Hall–Kier alpha value is -0.0800. The van der Waals surface area contributed by atoms with E-state index in [0.717, 1.165) is 12.5 Å². The van der Waals surface area contributed by atoms with Gasteiger partial charge in [-0.1, -0.05) is 19.8 Å². The molecule has 2 nitrogen and oxygen atoms in total. The van der Waals surface area contributed by atoms with Gasteiger partial charge in [-0.05, 0) is 58.7 Å². The second-order valence-corrected chi connectivity index (χ2v) is 5.51. The minimum atomic E-state index is 0.696. The van der Waals surface area contributed by atoms with Gasteiger partial charge in [-0.3, -0.25) is 0 Å². The fraction of sp³-hybridized carbons (Fsp3) is 1.00. The quantitative estimate of drug-likeness (QED) is 0.608. The highest BCUT2D eigenvalue weighted by Gasteiger charge is 2.18. The van der Waals surface area contributed by atoms with Gasteiger partial charge in [-0.15, -0.1) is 0 Å². The van der Waals surface area contributed by atoms with E-state index in [1.165, 1.54) is 51.6 Å². The van der Waals surface area contributed by atoms with Crippen molar-refractivity contribution >= 4 is 0 Å². The lowest BCUT2D eigenvalue weighted by atomic mass is 9.85. The molecule has 1 atom stereocenters. The van der Waals surface area contributed by atoms with E-state index in [0.29, 0.717) is 6.04 Å². The molecule has 2 heteroatoms. The van der Waals surface area contributed by atoms with Crippen LogP contribution in [-0.4, -0.2) is 37.6 Å². The second kappa shape index (κ2) is 8.08. The van der Waals surface area contributed by atoms with Crippen molar-refractivity contribution < 1.29 is 0 Å². The maximum Gasteiger partial charge on any atom is 0.00386 e. The van der Waals surface area contributed by atoms with Gasteiger partial charge in [0, 0.05) is 12.6 Å². The van der Waals surface area contributed by atoms with Gasteiger partial charge in [0.1, 0.15) is 0 Å². The van der Waals surface area contributed by atoms with Crippen LogP contribution in [0.15, 0.2) is 0 Å². The van der Waals surface area contributed by atoms with Crippen LogP contribution < -0.4 is 5.32 Å². The Morgan fingerprint density at radius 3 is 2.62 bits per heavy atom. The fourth-order valence-corrected chi connectivity index (χ4v) is 2.49. The van der Waals surface area contributed by atoms with Crippen molar-refractivity contribution in [3.63, 3.8) is 0 Å². The maximum atomic E-state index is 3.47. The van der Waals surface area contributed by atoms with E-state index in [4.69, 9.17) is 0 Å². The lowest BCUT2D eigenvalue weighted by molar-refractivity contribution is 0.202. The lowest BCUT2D eigenvalue weighted by Gasteiger charge is -2.30. The third-order valence-electron chi connectivity index (χ3n) is 3.77. The summed E-state index contributed by atoms with van der Waals surface area (Å²) in [6.45, 7) is 8.20. The monoisotopic (exact) mass is 226 g/mol. The molecule has 0 aliphatic heterocycles. The summed E-state index contributed by atoms with van der Waals surface area (Å²) in [4.78, 5) is 2.53. The molecule has 0 spiro atoms. The highest BCUT2D eigenvalue weighted by molar-refractivity contribution is 4.72. The number of rotatable bonds is 9. The van der Waals surface area contributed by atoms with Crippen LogP contribution in [0, 0.1) is 5.92 Å². The molecule has 0 saturated heterocycles. The molecular weight excluding hydrogens is 196 g/mol. The molecule has 0 aromatic heterocycles. The van der Waals surface area contributed by atoms with Crippen molar-refractivity contribution in [3.8, 4) is 0 Å². The number of hydrogen-bond acceptors (Lipinski definition) is 2. The predicted molar refractivity (Wildman–Crippen MR) is 71.8 cm³/mol. The minimum Gasteiger partial charge on any atom is -0.315 e. The average molecular weight is 226 g/mol. The second-order valence-electron chi connectivity index (χ2n) is 5.51. The van der Waals surface area contributed by atoms with Crippen LogP contribution in [0.4, 0.5) is 0 Å². The van der Waals surface area contributed by atoms with Gasteiger partial charge in [0.05, 0.1) is 0 Å². The molecule has 1 aliphatic carbocycles. The molecule has 1 saturated carbocycles. The minimum absolute atomic E-state index is 0.696. The highest BCUT2D eigenvalue weighted by Crippen LogP contribution is 2.26. The van der Waals surface area contributed by atoms with E-state index in [-0.39, 0.29) is 0 Å². The van der Waals surface area contributed by atoms with Crippen LogP contribution in [0.25, 0.3) is 0 Å². The van der Waals surface area contributed by atoms with Crippen molar-refractivity contribution in [1.82, 2.24) is 10.2 Å². The first-order chi connectivity index (χ1) is 7.72. The summed E-state index contributed by atoms with van der Waals surface area (Å²) in [6.07, 6.45) is 8.47. The molecule has 1 fully saturated rings. The first kappa shape index (κ1) is 14.0. The Labute approximate surface area is 102 Å². The van der Waals surface area contributed by atoms with E-state index in [1.54, 1.807) is 0 Å². The molecule has 0 bridgehead atoms. The Balaban J connectivity index is 1.89. The van der Waals surface area contributed by atoms with E-state index in [9.17, 15) is 0 Å². The van der Waals surface area contributed by atoms with Gasteiger partial charge >= 0.3 is 0 Å². The van der Waals surface area contributed by atoms with E-state index >= 15 is 0 Å². The largest absolute Gasteiger partial charge is 0.315 e. The van der Waals surface area contributed by atoms with Gasteiger partial charge in [-0.25, -0.2) is 0 Å². The Bertz CT molecular complexity index is 166. The fourth-order valence-electron chi connectivity index (χ4n) is 2.49. The molecule has 0 amide bonds. The molecule has 16 heavy (non-hydrogen) atoms. The normalized spacial score (nSPS) is 18.8. The van der Waals surface area contributed by atoms with Crippen LogP contribution in [0.1, 0.15) is 52.4 Å². The molecule has 0 radical (unpaired) electrons. The first-order valence-electron chi connectivity index (χ1n) is 7.14. The molecule has 1 rings (SSSR count). The predicted octanol–water partition coefficient (Wildman–Crippen LogP) is 2.89. The van der Waals surface area contributed by atoms with Gasteiger partial charge in [-0.2, -0.15) is 0 Å². The summed E-state index contributed by atoms with van der Waals surface area (Å²) >= 11 is 0. The van der Waals surface area contributed by atoms with Crippen molar-refractivity contribution in [2.45, 2.75) is 58.4 Å². The molecule has 0 aromatic carbocycles. The molecule has 1 unspecified atom stereocenters. The zero-order valence-electron chi connectivity index (χ0n) is 11.5. The third-order valence-corrected chi connectivity index (χ3v) is 3.77. The van der Waals surface area contributed by atoms with Gasteiger partial charge in [0.2, 0.25) is 0 Å². The standard InChI is InChI=1S/C14H30N2/c1-4-15-13(2)8-5-6-11-16(3)12-14-9-7-10-14/h13-15H,4-12H2,1-3H3. The van der Waals surface area contributed by atoms with E-state index in [1.807, 2.05) is 0 Å². The van der Waals surface area contributed by atoms with E-state index in [2.05, 4.69) is 31.1 Å². The molecular formula is C14H30N2. The van der Waals surface area contributed by atoms with Crippen LogP contribution in [0.3, 0.4) is 0 Å². The molecule has 96 valence electrons. The molecule has 1 aliphatic rings. The SMILES string of the molecule is CCNC(C)CCCCN(C)CC1CCC1. The summed E-state index contributed by atoms with van der Waals surface area (Å²) < 4.78 is 0. The number of unbranched alkanes of at least 4 members (excludes halogenated alkanes) is 1. The Morgan fingerprint density at radius 2 is 2.06 bits per heavy atom. The van der Waals surface area contributed by atoms with Crippen LogP contribution in [0.5, 0.6) is 0 Å². The Kier molecular flexibility index (Phi) is 7.06. The summed E-state index contributed by atoms with van der Waals surface area (Å²) in [5, 5.41) is 3.47. The van der Waals surface area contributed by atoms with Gasteiger partial charge in [0.25, 0.3) is 0 Å². The zero-order valence-corrected chi connectivity index (χ0v) is 11.5. The zero-order chi connectivity index (χ0) is 11.8. The first-order valence-corrected chi connectivity index (χ1v) is 7.14. The summed E-state index contributed by atoms with van der Waals surface area (Å²) in [5.41, 5.74) is 0. The topological polar surface area (TPSA) is 15.3 Å². The van der Waals surface area contributed by atoms with Crippen molar-refractivity contribution in [2.24, 2.45) is 5.92 Å². The van der Waals surface area contributed by atoms with Gasteiger partial charge < -0.3 is 10.2 Å². The third kappa shape index (κ3) is 5.86. The lowest BCUT2D eigenvalue weighted by Crippen LogP contribution is -2.30. The van der Waals surface area contributed by atoms with E-state index < -0.39 is 0 Å². The van der Waals surface area contributed by atoms with Crippen LogP contribution in [0.2, 0.25) is 0 Å². The van der Waals surface area contributed by atoms with Crippen LogP contribution >= 0.6 is 0 Å². The Morgan fingerprint density at radius 1 is 1.31 bits per heavy atom. The van der Waals surface area contributed by atoms with Crippen molar-refractivity contribution in [3.05, 3.63) is 0 Å². The van der Waals surface area contributed by atoms with Crippen LogP contribution in [-0.2, 0) is 0 Å². The highest BCUT2D eigenvalue weighted by atomic mass is 15.1. The molecule has 0 heterocycles. The number of hydrogen-bond donors (Lipinski definition) is 1. The molecule has 0 aromatic rings. The van der Waals surface area contributed by atoms with Crippen molar-refractivity contribution in [1.29, 1.82) is 0 Å². The smallest absolute Gasteiger partial charge is 0.00386 e. The maximum absolute atomic E-state index is 3.47. The van der Waals surface area contributed by atoms with Crippen molar-refractivity contribution in [2.75, 3.05) is 26.7 Å².